The summed E-state index contributed by atoms with van der Waals surface area (Å²) in [5.74, 6) is -0.798. The summed E-state index contributed by atoms with van der Waals surface area (Å²) in [4.78, 5) is 14.5. The minimum atomic E-state index is -4.77. The van der Waals surface area contributed by atoms with Gasteiger partial charge < -0.3 is 9.64 Å². The van der Waals surface area contributed by atoms with E-state index in [4.69, 9.17) is 0 Å². The average molecular weight is 381 g/mol. The molecule has 1 amide bonds. The maximum Gasteiger partial charge on any atom is 0.573 e. The van der Waals surface area contributed by atoms with Crippen LogP contribution in [0.2, 0.25) is 0 Å². The Balaban J connectivity index is 1.72. The van der Waals surface area contributed by atoms with Crippen molar-refractivity contribution >= 4 is 5.91 Å². The van der Waals surface area contributed by atoms with Gasteiger partial charge in [0.2, 0.25) is 0 Å². The molecular formula is C20H19F4NO2. The SMILES string of the molecule is O=C(c1ccc(OC(F)(F)F)cc1)N1CCCCC(c2ccc(F)cc2)C1. The second kappa shape index (κ2) is 7.98. The van der Waals surface area contributed by atoms with Crippen LogP contribution in [0.25, 0.3) is 0 Å². The summed E-state index contributed by atoms with van der Waals surface area (Å²) < 4.78 is 53.7. The molecule has 1 aliphatic heterocycles. The standard InChI is InChI=1S/C20H19F4NO2/c21-17-8-4-14(5-9-17)16-3-1-2-12-25(13-16)19(26)15-6-10-18(11-7-15)27-20(22,23)24/h4-11,16H,1-3,12-13H2. The van der Waals surface area contributed by atoms with Gasteiger partial charge in [-0.25, -0.2) is 4.39 Å². The zero-order valence-corrected chi connectivity index (χ0v) is 14.5. The second-order valence-corrected chi connectivity index (χ2v) is 6.57. The van der Waals surface area contributed by atoms with E-state index in [9.17, 15) is 22.4 Å². The zero-order valence-electron chi connectivity index (χ0n) is 14.5. The average Bonchev–Trinajstić information content (AvgIpc) is 2.87. The first kappa shape index (κ1) is 19.2. The summed E-state index contributed by atoms with van der Waals surface area (Å²) in [6.45, 7) is 1.07. The lowest BCUT2D eigenvalue weighted by molar-refractivity contribution is -0.274. The van der Waals surface area contributed by atoms with Gasteiger partial charge in [-0.1, -0.05) is 18.6 Å². The Kier molecular flexibility index (Phi) is 5.68. The van der Waals surface area contributed by atoms with Gasteiger partial charge in [0.05, 0.1) is 0 Å². The summed E-state index contributed by atoms with van der Waals surface area (Å²) in [6, 6.07) is 11.2. The van der Waals surface area contributed by atoms with Crippen LogP contribution in [0.1, 0.15) is 41.1 Å². The molecule has 1 atom stereocenters. The molecule has 3 rings (SSSR count). The summed E-state index contributed by atoms with van der Waals surface area (Å²) in [7, 11) is 0. The first-order valence-corrected chi connectivity index (χ1v) is 8.72. The number of carbonyl (C=O) groups is 1. The maximum atomic E-state index is 13.2. The van der Waals surface area contributed by atoms with E-state index in [1.807, 2.05) is 0 Å². The minimum Gasteiger partial charge on any atom is -0.406 e. The molecule has 0 aromatic heterocycles. The van der Waals surface area contributed by atoms with Crippen molar-refractivity contribution in [1.29, 1.82) is 0 Å². The van der Waals surface area contributed by atoms with Crippen LogP contribution < -0.4 is 4.74 Å². The third-order valence-electron chi connectivity index (χ3n) is 4.63. The highest BCUT2D eigenvalue weighted by Gasteiger charge is 2.31. The monoisotopic (exact) mass is 381 g/mol. The molecule has 0 spiro atoms. The highest BCUT2D eigenvalue weighted by atomic mass is 19.4. The summed E-state index contributed by atoms with van der Waals surface area (Å²) in [5, 5.41) is 0. The van der Waals surface area contributed by atoms with Crippen LogP contribution in [-0.4, -0.2) is 30.3 Å². The summed E-state index contributed by atoms with van der Waals surface area (Å²) >= 11 is 0. The summed E-state index contributed by atoms with van der Waals surface area (Å²) in [6.07, 6.45) is -2.07. The number of hydrogen-bond acceptors (Lipinski definition) is 2. The lowest BCUT2D eigenvalue weighted by Crippen LogP contribution is -2.34. The zero-order chi connectivity index (χ0) is 19.4. The van der Waals surface area contributed by atoms with Crippen molar-refractivity contribution in [2.24, 2.45) is 0 Å². The van der Waals surface area contributed by atoms with E-state index in [-0.39, 0.29) is 23.4 Å². The number of hydrogen-bond donors (Lipinski definition) is 0. The molecule has 1 unspecified atom stereocenters. The molecule has 0 aliphatic carbocycles. The van der Waals surface area contributed by atoms with Crippen LogP contribution in [0.5, 0.6) is 5.75 Å². The molecular weight excluding hydrogens is 362 g/mol. The van der Waals surface area contributed by atoms with Crippen molar-refractivity contribution in [2.45, 2.75) is 31.5 Å². The molecule has 0 radical (unpaired) electrons. The van der Waals surface area contributed by atoms with Crippen molar-refractivity contribution in [3.8, 4) is 5.75 Å². The molecule has 2 aromatic carbocycles. The number of alkyl halides is 3. The highest BCUT2D eigenvalue weighted by Crippen LogP contribution is 2.28. The van der Waals surface area contributed by atoms with Crippen LogP contribution >= 0.6 is 0 Å². The van der Waals surface area contributed by atoms with E-state index in [2.05, 4.69) is 4.74 Å². The van der Waals surface area contributed by atoms with Crippen molar-refractivity contribution in [1.82, 2.24) is 4.90 Å². The van der Waals surface area contributed by atoms with Gasteiger partial charge in [-0.2, -0.15) is 0 Å². The lowest BCUT2D eigenvalue weighted by atomic mass is 9.94. The van der Waals surface area contributed by atoms with Crippen molar-refractivity contribution in [2.75, 3.05) is 13.1 Å². The number of ether oxygens (including phenoxy) is 1. The fourth-order valence-corrected chi connectivity index (χ4v) is 3.32. The van der Waals surface area contributed by atoms with Crippen LogP contribution in [-0.2, 0) is 0 Å². The first-order chi connectivity index (χ1) is 12.8. The van der Waals surface area contributed by atoms with Gasteiger partial charge in [-0.15, -0.1) is 13.2 Å². The molecule has 27 heavy (non-hydrogen) atoms. The third-order valence-corrected chi connectivity index (χ3v) is 4.63. The van der Waals surface area contributed by atoms with Gasteiger partial charge in [0.15, 0.2) is 0 Å². The van der Waals surface area contributed by atoms with Gasteiger partial charge in [-0.3, -0.25) is 4.79 Å². The Morgan fingerprint density at radius 3 is 2.30 bits per heavy atom. The minimum absolute atomic E-state index is 0.102. The second-order valence-electron chi connectivity index (χ2n) is 6.57. The normalized spacial score (nSPS) is 18.1. The molecule has 1 aliphatic rings. The van der Waals surface area contributed by atoms with E-state index in [1.54, 1.807) is 17.0 Å². The van der Waals surface area contributed by atoms with E-state index >= 15 is 0 Å². The first-order valence-electron chi connectivity index (χ1n) is 8.72. The molecule has 1 saturated heterocycles. The molecule has 2 aromatic rings. The van der Waals surface area contributed by atoms with Gasteiger partial charge in [0.1, 0.15) is 11.6 Å². The summed E-state index contributed by atoms with van der Waals surface area (Å²) in [5.41, 5.74) is 1.29. The predicted molar refractivity (Wildman–Crippen MR) is 92.0 cm³/mol. The van der Waals surface area contributed by atoms with E-state index in [0.717, 1.165) is 37.0 Å². The highest BCUT2D eigenvalue weighted by molar-refractivity contribution is 5.94. The van der Waals surface area contributed by atoms with Crippen LogP contribution in [0.3, 0.4) is 0 Å². The Bertz CT molecular complexity index is 772. The molecule has 1 fully saturated rings. The molecule has 144 valence electrons. The fourth-order valence-electron chi connectivity index (χ4n) is 3.32. The van der Waals surface area contributed by atoms with Gasteiger partial charge in [0.25, 0.3) is 5.91 Å². The fraction of sp³-hybridized carbons (Fsp3) is 0.350. The maximum absolute atomic E-state index is 13.2. The smallest absolute Gasteiger partial charge is 0.406 e. The lowest BCUT2D eigenvalue weighted by Gasteiger charge is -2.25. The van der Waals surface area contributed by atoms with Gasteiger partial charge in [0, 0.05) is 24.6 Å². The third kappa shape index (κ3) is 5.21. The van der Waals surface area contributed by atoms with Crippen molar-refractivity contribution in [3.63, 3.8) is 0 Å². The molecule has 0 N–H and O–H groups in total. The topological polar surface area (TPSA) is 29.5 Å². The number of carbonyl (C=O) groups excluding carboxylic acids is 1. The van der Waals surface area contributed by atoms with E-state index in [0.29, 0.717) is 18.7 Å². The van der Waals surface area contributed by atoms with E-state index < -0.39 is 6.36 Å². The van der Waals surface area contributed by atoms with Crippen LogP contribution in [0.15, 0.2) is 48.5 Å². The van der Waals surface area contributed by atoms with Crippen molar-refractivity contribution in [3.05, 3.63) is 65.5 Å². The van der Waals surface area contributed by atoms with Gasteiger partial charge in [-0.05, 0) is 54.8 Å². The van der Waals surface area contributed by atoms with Crippen LogP contribution in [0, 0.1) is 5.82 Å². The number of rotatable bonds is 3. The molecule has 0 bridgehead atoms. The number of benzene rings is 2. The Morgan fingerprint density at radius 2 is 1.67 bits per heavy atom. The largest absolute Gasteiger partial charge is 0.573 e. The number of nitrogens with zero attached hydrogens (tertiary/aromatic N) is 1. The number of likely N-dealkylation sites (tertiary alicyclic amines) is 1. The molecule has 7 heteroatoms. The predicted octanol–water partition coefficient (Wildman–Crippen LogP) is 5.13. The Morgan fingerprint density at radius 1 is 1.00 bits per heavy atom. The molecule has 0 saturated carbocycles. The number of amides is 1. The van der Waals surface area contributed by atoms with Gasteiger partial charge >= 0.3 is 6.36 Å². The number of halogens is 4. The Labute approximate surface area is 154 Å². The quantitative estimate of drug-likeness (QED) is 0.690. The van der Waals surface area contributed by atoms with E-state index in [1.165, 1.54) is 24.3 Å². The Hall–Kier alpha value is -2.57. The molecule has 1 heterocycles. The molecule has 3 nitrogen and oxygen atoms in total. The van der Waals surface area contributed by atoms with Crippen LogP contribution in [0.4, 0.5) is 17.6 Å². The van der Waals surface area contributed by atoms with Crippen molar-refractivity contribution < 1.29 is 27.1 Å².